The molecule has 10 heteroatoms. The number of carboxylic acid groups (broad SMARTS) is 1. The van der Waals surface area contributed by atoms with E-state index in [9.17, 15) is 28.3 Å². The van der Waals surface area contributed by atoms with Crippen molar-refractivity contribution < 1.29 is 23.1 Å². The Bertz CT molecular complexity index is 1250. The molecule has 1 saturated heterocycles. The lowest BCUT2D eigenvalue weighted by atomic mass is 9.97. The molecule has 0 aliphatic carbocycles. The number of fused-ring (bicyclic) bond motifs is 1. The molecule has 1 fully saturated rings. The minimum absolute atomic E-state index is 0.000861. The van der Waals surface area contributed by atoms with Crippen LogP contribution in [-0.4, -0.2) is 40.2 Å². The number of H-pyrrole nitrogens is 1. The first kappa shape index (κ1) is 23.0. The van der Waals surface area contributed by atoms with E-state index in [0.717, 1.165) is 25.3 Å². The van der Waals surface area contributed by atoms with Crippen molar-refractivity contribution in [2.45, 2.75) is 31.5 Å². The summed E-state index contributed by atoms with van der Waals surface area (Å²) < 4.78 is 42.1. The fraction of sp³-hybridized carbons (Fsp3) is 0.304. The van der Waals surface area contributed by atoms with Crippen molar-refractivity contribution in [1.29, 1.82) is 5.26 Å². The normalized spacial score (nSPS) is 16.9. The summed E-state index contributed by atoms with van der Waals surface area (Å²) in [4.78, 5) is 15.7. The number of rotatable bonds is 3. The Morgan fingerprint density at radius 1 is 1.24 bits per heavy atom. The zero-order valence-electron chi connectivity index (χ0n) is 17.3. The summed E-state index contributed by atoms with van der Waals surface area (Å²) in [5, 5.41) is 22.4. The van der Waals surface area contributed by atoms with Gasteiger partial charge in [-0.1, -0.05) is 6.07 Å². The van der Waals surface area contributed by atoms with E-state index in [4.69, 9.17) is 0 Å². The Morgan fingerprint density at radius 2 is 2.03 bits per heavy atom. The van der Waals surface area contributed by atoms with Crippen molar-refractivity contribution in [2.75, 3.05) is 18.4 Å². The standard InChI is InChI=1S/C23H20BrF3N4O2/c24-20-13(10-28)4-6-16-18(11-29-21(16)20)17-9-14(5-7-19(17)23(25,26)27)30-15-3-1-2-8-31(12-15)22(32)33/h4-7,9,11,15,29-30H,1-3,8,12H2,(H,32,33)/t15-/m0/s1. The Morgan fingerprint density at radius 3 is 2.73 bits per heavy atom. The van der Waals surface area contributed by atoms with Crippen molar-refractivity contribution in [3.63, 3.8) is 0 Å². The highest BCUT2D eigenvalue weighted by Crippen LogP contribution is 2.42. The maximum atomic E-state index is 13.9. The SMILES string of the molecule is N#Cc1ccc2c(-c3cc(N[C@H]4CCCCN(C(=O)O)C4)ccc3C(F)(F)F)c[nH]c2c1Br. The summed E-state index contributed by atoms with van der Waals surface area (Å²) >= 11 is 3.35. The third-order valence-corrected chi connectivity index (χ3v) is 6.66. The molecule has 4 rings (SSSR count). The second-order valence-corrected chi connectivity index (χ2v) is 8.78. The number of alkyl halides is 3. The largest absolute Gasteiger partial charge is 0.465 e. The van der Waals surface area contributed by atoms with Crippen LogP contribution in [0.1, 0.15) is 30.4 Å². The minimum atomic E-state index is -4.57. The summed E-state index contributed by atoms with van der Waals surface area (Å²) in [6, 6.07) is 8.89. The Kier molecular flexibility index (Phi) is 6.26. The number of likely N-dealkylation sites (tertiary alicyclic amines) is 1. The van der Waals surface area contributed by atoms with Gasteiger partial charge in [0, 0.05) is 42.0 Å². The van der Waals surface area contributed by atoms with E-state index in [1.165, 1.54) is 23.2 Å². The van der Waals surface area contributed by atoms with Gasteiger partial charge in [-0.2, -0.15) is 18.4 Å². The third-order valence-electron chi connectivity index (χ3n) is 5.84. The van der Waals surface area contributed by atoms with Crippen LogP contribution in [0.25, 0.3) is 22.0 Å². The summed E-state index contributed by atoms with van der Waals surface area (Å²) in [7, 11) is 0. The van der Waals surface area contributed by atoms with Gasteiger partial charge in [-0.3, -0.25) is 0 Å². The quantitative estimate of drug-likeness (QED) is 0.370. The highest BCUT2D eigenvalue weighted by molar-refractivity contribution is 9.10. The van der Waals surface area contributed by atoms with Gasteiger partial charge in [0.2, 0.25) is 0 Å². The van der Waals surface area contributed by atoms with E-state index < -0.39 is 17.8 Å². The van der Waals surface area contributed by atoms with Gasteiger partial charge >= 0.3 is 12.3 Å². The molecule has 3 N–H and O–H groups in total. The van der Waals surface area contributed by atoms with Crippen LogP contribution in [0.15, 0.2) is 41.0 Å². The molecule has 0 radical (unpaired) electrons. The minimum Gasteiger partial charge on any atom is -0.465 e. The summed E-state index contributed by atoms with van der Waals surface area (Å²) in [6.45, 7) is 0.712. The van der Waals surface area contributed by atoms with Gasteiger partial charge in [-0.25, -0.2) is 4.79 Å². The molecule has 1 aliphatic rings. The average molecular weight is 521 g/mol. The van der Waals surface area contributed by atoms with E-state index in [0.29, 0.717) is 38.7 Å². The Hall–Kier alpha value is -3.19. The van der Waals surface area contributed by atoms with Gasteiger partial charge in [0.15, 0.2) is 0 Å². The first-order valence-corrected chi connectivity index (χ1v) is 11.1. The zero-order chi connectivity index (χ0) is 23.8. The summed E-state index contributed by atoms with van der Waals surface area (Å²) in [5.74, 6) is 0. The van der Waals surface area contributed by atoms with Crippen molar-refractivity contribution in [2.24, 2.45) is 0 Å². The molecule has 2 aromatic carbocycles. The number of carbonyl (C=O) groups is 1. The van der Waals surface area contributed by atoms with Crippen molar-refractivity contribution in [3.05, 3.63) is 52.1 Å². The number of halogens is 4. The van der Waals surface area contributed by atoms with E-state index in [1.54, 1.807) is 12.1 Å². The van der Waals surface area contributed by atoms with Crippen LogP contribution in [0.5, 0.6) is 0 Å². The van der Waals surface area contributed by atoms with Gasteiger partial charge in [0.1, 0.15) is 6.07 Å². The number of benzene rings is 2. The number of nitrogens with zero attached hydrogens (tertiary/aromatic N) is 2. The van der Waals surface area contributed by atoms with Crippen molar-refractivity contribution in [3.8, 4) is 17.2 Å². The molecular weight excluding hydrogens is 501 g/mol. The van der Waals surface area contributed by atoms with Gasteiger partial charge in [0.05, 0.1) is 21.1 Å². The second kappa shape index (κ2) is 8.98. The van der Waals surface area contributed by atoms with Crippen LogP contribution < -0.4 is 5.32 Å². The van der Waals surface area contributed by atoms with Crippen molar-refractivity contribution >= 4 is 38.6 Å². The number of hydrogen-bond acceptors (Lipinski definition) is 3. The fourth-order valence-corrected chi connectivity index (χ4v) is 4.80. The van der Waals surface area contributed by atoms with Crippen LogP contribution in [0.2, 0.25) is 0 Å². The topological polar surface area (TPSA) is 92.2 Å². The highest BCUT2D eigenvalue weighted by atomic mass is 79.9. The fourth-order valence-electron chi connectivity index (χ4n) is 4.25. The molecule has 0 spiro atoms. The predicted octanol–water partition coefficient (Wildman–Crippen LogP) is 6.43. The van der Waals surface area contributed by atoms with E-state index >= 15 is 0 Å². The number of nitriles is 1. The smallest absolute Gasteiger partial charge is 0.417 e. The number of anilines is 1. The Balaban J connectivity index is 1.76. The average Bonchev–Trinajstić information content (AvgIpc) is 3.06. The zero-order valence-corrected chi connectivity index (χ0v) is 18.9. The molecule has 1 amide bonds. The lowest BCUT2D eigenvalue weighted by Crippen LogP contribution is -2.38. The van der Waals surface area contributed by atoms with Crippen molar-refractivity contribution in [1.82, 2.24) is 9.88 Å². The van der Waals surface area contributed by atoms with Crippen LogP contribution >= 0.6 is 15.9 Å². The molecule has 33 heavy (non-hydrogen) atoms. The molecular formula is C23H20BrF3N4O2. The first-order valence-electron chi connectivity index (χ1n) is 10.3. The first-order chi connectivity index (χ1) is 15.7. The maximum absolute atomic E-state index is 13.9. The lowest BCUT2D eigenvalue weighted by Gasteiger charge is -2.24. The Labute approximate surface area is 196 Å². The summed E-state index contributed by atoms with van der Waals surface area (Å²) in [6.07, 6.45) is -1.77. The van der Waals surface area contributed by atoms with Gasteiger partial charge < -0.3 is 20.3 Å². The number of aromatic nitrogens is 1. The van der Waals surface area contributed by atoms with Crippen LogP contribution in [0, 0.1) is 11.3 Å². The van der Waals surface area contributed by atoms with Crippen LogP contribution in [0.3, 0.4) is 0 Å². The second-order valence-electron chi connectivity index (χ2n) is 7.99. The van der Waals surface area contributed by atoms with Gasteiger partial charge in [-0.15, -0.1) is 0 Å². The monoisotopic (exact) mass is 520 g/mol. The maximum Gasteiger partial charge on any atom is 0.417 e. The number of aromatic amines is 1. The van der Waals surface area contributed by atoms with Gasteiger partial charge in [-0.05, 0) is 65.0 Å². The predicted molar refractivity (Wildman–Crippen MR) is 122 cm³/mol. The molecule has 3 aromatic rings. The van der Waals surface area contributed by atoms with E-state index in [2.05, 4.69) is 26.2 Å². The van der Waals surface area contributed by atoms with E-state index in [1.807, 2.05) is 6.07 Å². The molecule has 0 unspecified atom stereocenters. The molecule has 1 aromatic heterocycles. The highest BCUT2D eigenvalue weighted by Gasteiger charge is 2.34. The molecule has 2 heterocycles. The molecule has 1 atom stereocenters. The molecule has 6 nitrogen and oxygen atoms in total. The molecule has 0 saturated carbocycles. The summed E-state index contributed by atoms with van der Waals surface area (Å²) in [5.41, 5.74) is 0.980. The van der Waals surface area contributed by atoms with Crippen LogP contribution in [-0.2, 0) is 6.18 Å². The number of hydrogen-bond donors (Lipinski definition) is 3. The lowest BCUT2D eigenvalue weighted by molar-refractivity contribution is -0.137. The van der Waals surface area contributed by atoms with Crippen LogP contribution in [0.4, 0.5) is 23.7 Å². The molecule has 0 bridgehead atoms. The number of amides is 1. The van der Waals surface area contributed by atoms with Gasteiger partial charge in [0.25, 0.3) is 0 Å². The van der Waals surface area contributed by atoms with E-state index in [-0.39, 0.29) is 18.2 Å². The molecule has 172 valence electrons. The number of nitrogens with one attached hydrogen (secondary N) is 2. The third kappa shape index (κ3) is 4.64. The molecule has 1 aliphatic heterocycles.